The van der Waals surface area contributed by atoms with Crippen LogP contribution in [0.5, 0.6) is 0 Å². The standard InChI is InChI=1S/C17H33NO5/c1-7-9-11-21-13(3)14(15(19)22-12-10-8-2)18-16(20)23-17(4,5)6/h13-14H,7-12H2,1-6H3,(H,18,20)/t13-,14+/m1/s1. The molecule has 0 aromatic rings. The number of unbranched alkanes of at least 4 members (excludes halogenated alkanes) is 2. The number of alkyl carbamates (subject to hydrolysis) is 1. The number of amides is 1. The van der Waals surface area contributed by atoms with Crippen molar-refractivity contribution in [3.05, 3.63) is 0 Å². The third-order valence-electron chi connectivity index (χ3n) is 3.02. The van der Waals surface area contributed by atoms with E-state index in [-0.39, 0.29) is 0 Å². The Balaban J connectivity index is 4.70. The van der Waals surface area contributed by atoms with Gasteiger partial charge in [0.2, 0.25) is 0 Å². The highest BCUT2D eigenvalue weighted by Crippen LogP contribution is 2.09. The highest BCUT2D eigenvalue weighted by Gasteiger charge is 2.30. The van der Waals surface area contributed by atoms with Gasteiger partial charge in [-0.25, -0.2) is 9.59 Å². The minimum absolute atomic E-state index is 0.337. The van der Waals surface area contributed by atoms with Crippen LogP contribution < -0.4 is 5.32 Å². The molecule has 6 heteroatoms. The summed E-state index contributed by atoms with van der Waals surface area (Å²) in [4.78, 5) is 24.2. The van der Waals surface area contributed by atoms with Gasteiger partial charge in [-0.15, -0.1) is 0 Å². The van der Waals surface area contributed by atoms with E-state index >= 15 is 0 Å². The zero-order valence-electron chi connectivity index (χ0n) is 15.4. The van der Waals surface area contributed by atoms with Crippen LogP contribution in [0.1, 0.15) is 67.2 Å². The lowest BCUT2D eigenvalue weighted by Crippen LogP contribution is -2.50. The van der Waals surface area contributed by atoms with Gasteiger partial charge < -0.3 is 19.5 Å². The van der Waals surface area contributed by atoms with Gasteiger partial charge in [-0.3, -0.25) is 0 Å². The first-order chi connectivity index (χ1) is 10.7. The molecular weight excluding hydrogens is 298 g/mol. The van der Waals surface area contributed by atoms with Crippen LogP contribution in [-0.2, 0) is 19.0 Å². The number of esters is 1. The average Bonchev–Trinajstić information content (AvgIpc) is 2.43. The summed E-state index contributed by atoms with van der Waals surface area (Å²) in [5, 5.41) is 2.57. The predicted octanol–water partition coefficient (Wildman–Crippen LogP) is 3.43. The molecule has 0 saturated carbocycles. The summed E-state index contributed by atoms with van der Waals surface area (Å²) >= 11 is 0. The monoisotopic (exact) mass is 331 g/mol. The Morgan fingerprint density at radius 3 is 2.13 bits per heavy atom. The van der Waals surface area contributed by atoms with Crippen LogP contribution in [0.3, 0.4) is 0 Å². The molecule has 0 aliphatic carbocycles. The summed E-state index contributed by atoms with van der Waals surface area (Å²) in [5.74, 6) is -0.492. The van der Waals surface area contributed by atoms with E-state index in [0.717, 1.165) is 25.7 Å². The second-order valence-electron chi connectivity index (χ2n) is 6.57. The van der Waals surface area contributed by atoms with Crippen LogP contribution in [0.25, 0.3) is 0 Å². The molecular formula is C17H33NO5. The Hall–Kier alpha value is -1.30. The first-order valence-electron chi connectivity index (χ1n) is 8.49. The normalized spacial score (nSPS) is 14.0. The number of hydrogen-bond donors (Lipinski definition) is 1. The molecule has 136 valence electrons. The molecule has 0 aliphatic rings. The van der Waals surface area contributed by atoms with Crippen molar-refractivity contribution in [3.63, 3.8) is 0 Å². The molecule has 2 atom stereocenters. The SMILES string of the molecule is CCCCOC(=O)[C@@H](NC(=O)OC(C)(C)C)[C@@H](C)OCCCC. The quantitative estimate of drug-likeness (QED) is 0.490. The zero-order valence-corrected chi connectivity index (χ0v) is 15.4. The second-order valence-corrected chi connectivity index (χ2v) is 6.57. The Morgan fingerprint density at radius 1 is 1.04 bits per heavy atom. The largest absolute Gasteiger partial charge is 0.464 e. The van der Waals surface area contributed by atoms with E-state index in [1.165, 1.54) is 0 Å². The topological polar surface area (TPSA) is 73.9 Å². The van der Waals surface area contributed by atoms with Gasteiger partial charge in [0, 0.05) is 6.61 Å². The highest BCUT2D eigenvalue weighted by atomic mass is 16.6. The fraction of sp³-hybridized carbons (Fsp3) is 0.882. The fourth-order valence-corrected chi connectivity index (χ4v) is 1.72. The van der Waals surface area contributed by atoms with Crippen LogP contribution in [-0.4, -0.2) is 43.0 Å². The van der Waals surface area contributed by atoms with Crippen LogP contribution >= 0.6 is 0 Å². The van der Waals surface area contributed by atoms with Crippen LogP contribution in [0.2, 0.25) is 0 Å². The molecule has 6 nitrogen and oxygen atoms in total. The van der Waals surface area contributed by atoms with Crippen molar-refractivity contribution < 1.29 is 23.8 Å². The lowest BCUT2D eigenvalue weighted by Gasteiger charge is -2.26. The molecule has 0 rings (SSSR count). The van der Waals surface area contributed by atoms with E-state index < -0.39 is 29.8 Å². The van der Waals surface area contributed by atoms with Crippen molar-refractivity contribution >= 4 is 12.1 Å². The van der Waals surface area contributed by atoms with Gasteiger partial charge >= 0.3 is 12.1 Å². The summed E-state index contributed by atoms with van der Waals surface area (Å²) < 4.78 is 16.1. The van der Waals surface area contributed by atoms with Crippen molar-refractivity contribution in [1.82, 2.24) is 5.32 Å². The predicted molar refractivity (Wildman–Crippen MR) is 89.3 cm³/mol. The number of nitrogens with one attached hydrogen (secondary N) is 1. The van der Waals surface area contributed by atoms with Gasteiger partial charge in [-0.1, -0.05) is 26.7 Å². The second kappa shape index (κ2) is 11.3. The van der Waals surface area contributed by atoms with Crippen molar-refractivity contribution in [3.8, 4) is 0 Å². The summed E-state index contributed by atoms with van der Waals surface area (Å²) in [6.45, 7) is 12.0. The maximum absolute atomic E-state index is 12.2. The first kappa shape index (κ1) is 21.7. The lowest BCUT2D eigenvalue weighted by atomic mass is 10.2. The van der Waals surface area contributed by atoms with Crippen molar-refractivity contribution in [1.29, 1.82) is 0 Å². The molecule has 0 radical (unpaired) electrons. The number of hydrogen-bond acceptors (Lipinski definition) is 5. The summed E-state index contributed by atoms with van der Waals surface area (Å²) in [6.07, 6.45) is 2.48. The van der Waals surface area contributed by atoms with E-state index in [0.29, 0.717) is 13.2 Å². The maximum Gasteiger partial charge on any atom is 0.408 e. The number of carbonyl (C=O) groups is 2. The molecule has 0 spiro atoms. The van der Waals surface area contributed by atoms with Gasteiger partial charge in [0.15, 0.2) is 6.04 Å². The van der Waals surface area contributed by atoms with E-state index in [2.05, 4.69) is 12.2 Å². The van der Waals surface area contributed by atoms with E-state index in [9.17, 15) is 9.59 Å². The molecule has 0 heterocycles. The van der Waals surface area contributed by atoms with Gasteiger partial charge in [0.05, 0.1) is 12.7 Å². The third-order valence-corrected chi connectivity index (χ3v) is 3.02. The van der Waals surface area contributed by atoms with Gasteiger partial charge in [0.25, 0.3) is 0 Å². The molecule has 0 bridgehead atoms. The Labute approximate surface area is 140 Å². The molecule has 0 saturated heterocycles. The minimum atomic E-state index is -0.876. The Morgan fingerprint density at radius 2 is 1.61 bits per heavy atom. The van der Waals surface area contributed by atoms with Gasteiger partial charge in [0.1, 0.15) is 5.60 Å². The lowest BCUT2D eigenvalue weighted by molar-refractivity contribution is -0.150. The van der Waals surface area contributed by atoms with E-state index in [1.54, 1.807) is 27.7 Å². The summed E-state index contributed by atoms with van der Waals surface area (Å²) in [6, 6.07) is -0.876. The number of ether oxygens (including phenoxy) is 3. The van der Waals surface area contributed by atoms with Gasteiger partial charge in [-0.05, 0) is 40.5 Å². The molecule has 1 N–H and O–H groups in total. The average molecular weight is 331 g/mol. The van der Waals surface area contributed by atoms with Gasteiger partial charge in [-0.2, -0.15) is 0 Å². The fourth-order valence-electron chi connectivity index (χ4n) is 1.72. The number of carbonyl (C=O) groups excluding carboxylic acids is 2. The van der Waals surface area contributed by atoms with Crippen molar-refractivity contribution in [2.75, 3.05) is 13.2 Å². The molecule has 0 aromatic heterocycles. The molecule has 0 unspecified atom stereocenters. The van der Waals surface area contributed by atoms with Crippen LogP contribution in [0.4, 0.5) is 4.79 Å². The molecule has 1 amide bonds. The Bertz CT molecular complexity index is 351. The summed E-state index contributed by atoms with van der Waals surface area (Å²) in [7, 11) is 0. The Kier molecular flexibility index (Phi) is 10.6. The molecule has 0 aliphatic heterocycles. The third kappa shape index (κ3) is 11.0. The highest BCUT2D eigenvalue weighted by molar-refractivity contribution is 5.82. The minimum Gasteiger partial charge on any atom is -0.464 e. The van der Waals surface area contributed by atoms with Crippen LogP contribution in [0.15, 0.2) is 0 Å². The van der Waals surface area contributed by atoms with Crippen molar-refractivity contribution in [2.45, 2.75) is 85.0 Å². The number of rotatable bonds is 10. The smallest absolute Gasteiger partial charge is 0.408 e. The van der Waals surface area contributed by atoms with Crippen molar-refractivity contribution in [2.24, 2.45) is 0 Å². The first-order valence-corrected chi connectivity index (χ1v) is 8.49. The van der Waals surface area contributed by atoms with Crippen LogP contribution in [0, 0.1) is 0 Å². The summed E-state index contributed by atoms with van der Waals surface area (Å²) in [5.41, 5.74) is -0.632. The molecule has 0 aromatic carbocycles. The zero-order chi connectivity index (χ0) is 17.9. The van der Waals surface area contributed by atoms with E-state index in [1.807, 2.05) is 6.92 Å². The molecule has 0 fully saturated rings. The maximum atomic E-state index is 12.2. The molecule has 23 heavy (non-hydrogen) atoms. The van der Waals surface area contributed by atoms with E-state index in [4.69, 9.17) is 14.2 Å².